The summed E-state index contributed by atoms with van der Waals surface area (Å²) < 4.78 is 1.78. The highest BCUT2D eigenvalue weighted by atomic mass is 16.4. The van der Waals surface area contributed by atoms with Gasteiger partial charge in [-0.05, 0) is 43.0 Å². The fourth-order valence-corrected chi connectivity index (χ4v) is 2.66. The Labute approximate surface area is 111 Å². The second-order valence-electron chi connectivity index (χ2n) is 5.25. The van der Waals surface area contributed by atoms with E-state index in [2.05, 4.69) is 5.10 Å². The highest BCUT2D eigenvalue weighted by Gasteiger charge is 2.45. The fourth-order valence-electron chi connectivity index (χ4n) is 2.66. The minimum absolute atomic E-state index is 0.682. The predicted octanol–water partition coefficient (Wildman–Crippen LogP) is 2.69. The molecular formula is C15H16N2O2. The van der Waals surface area contributed by atoms with Crippen molar-refractivity contribution >= 4 is 5.97 Å². The first-order valence-electron chi connectivity index (χ1n) is 6.47. The number of aromatic nitrogens is 2. The molecule has 4 heteroatoms. The lowest BCUT2D eigenvalue weighted by atomic mass is 9.64. The third-order valence-electron chi connectivity index (χ3n) is 3.99. The summed E-state index contributed by atoms with van der Waals surface area (Å²) in [6.07, 6.45) is 6.17. The second kappa shape index (κ2) is 4.23. The van der Waals surface area contributed by atoms with Crippen molar-refractivity contribution in [2.45, 2.75) is 31.6 Å². The van der Waals surface area contributed by atoms with E-state index in [1.165, 1.54) is 0 Å². The molecule has 1 saturated carbocycles. The zero-order valence-corrected chi connectivity index (χ0v) is 10.8. The molecule has 1 fully saturated rings. The summed E-state index contributed by atoms with van der Waals surface area (Å²) in [5.41, 5.74) is 2.20. The average Bonchev–Trinajstić information content (AvgIpc) is 2.74. The van der Waals surface area contributed by atoms with Crippen molar-refractivity contribution in [2.75, 3.05) is 0 Å². The van der Waals surface area contributed by atoms with E-state index in [1.54, 1.807) is 10.9 Å². The van der Waals surface area contributed by atoms with Gasteiger partial charge in [0.25, 0.3) is 0 Å². The molecule has 1 aliphatic rings. The number of rotatable bonds is 3. The Bertz CT molecular complexity index is 627. The van der Waals surface area contributed by atoms with E-state index < -0.39 is 11.4 Å². The Balaban J connectivity index is 2.03. The van der Waals surface area contributed by atoms with Crippen LogP contribution in [0.1, 0.15) is 30.4 Å². The normalized spacial score (nSPS) is 16.9. The molecule has 0 unspecified atom stereocenters. The largest absolute Gasteiger partial charge is 0.481 e. The van der Waals surface area contributed by atoms with Crippen LogP contribution in [0.2, 0.25) is 0 Å². The van der Waals surface area contributed by atoms with E-state index in [0.29, 0.717) is 0 Å². The summed E-state index contributed by atoms with van der Waals surface area (Å²) in [6.45, 7) is 1.98. The zero-order valence-electron chi connectivity index (χ0n) is 10.8. The highest BCUT2D eigenvalue weighted by Crippen LogP contribution is 2.44. The number of carboxylic acids is 1. The van der Waals surface area contributed by atoms with E-state index in [-0.39, 0.29) is 0 Å². The van der Waals surface area contributed by atoms with Crippen molar-refractivity contribution in [1.82, 2.24) is 9.78 Å². The molecule has 1 aromatic heterocycles. The highest BCUT2D eigenvalue weighted by molar-refractivity contribution is 5.82. The molecule has 0 saturated heterocycles. The van der Waals surface area contributed by atoms with Crippen LogP contribution in [-0.2, 0) is 10.2 Å². The smallest absolute Gasteiger partial charge is 0.314 e. The fraction of sp³-hybridized carbons (Fsp3) is 0.333. The summed E-state index contributed by atoms with van der Waals surface area (Å²) in [5, 5.41) is 13.7. The lowest BCUT2D eigenvalue weighted by Gasteiger charge is -2.38. The lowest BCUT2D eigenvalue weighted by molar-refractivity contribution is -0.147. The predicted molar refractivity (Wildman–Crippen MR) is 71.5 cm³/mol. The number of hydrogen-bond donors (Lipinski definition) is 1. The first kappa shape index (κ1) is 12.0. The molecule has 1 aromatic carbocycles. The quantitative estimate of drug-likeness (QED) is 0.918. The maximum absolute atomic E-state index is 11.5. The standard InChI is InChI=1S/C15H16N2O2/c1-11-9-16-17(10-11)13-5-2-4-12(8-13)15(14(18)19)6-3-7-15/h2,4-5,8-10H,3,6-7H2,1H3,(H,18,19). The van der Waals surface area contributed by atoms with Crippen molar-refractivity contribution < 1.29 is 9.90 Å². The van der Waals surface area contributed by atoms with E-state index >= 15 is 0 Å². The molecule has 0 spiro atoms. The Morgan fingerprint density at radius 2 is 2.21 bits per heavy atom. The molecule has 3 rings (SSSR count). The van der Waals surface area contributed by atoms with Gasteiger partial charge in [0.05, 0.1) is 17.3 Å². The maximum atomic E-state index is 11.5. The summed E-state index contributed by atoms with van der Waals surface area (Å²) >= 11 is 0. The SMILES string of the molecule is Cc1cnn(-c2cccc(C3(C(=O)O)CCC3)c2)c1. The van der Waals surface area contributed by atoms with Crippen molar-refractivity contribution in [3.63, 3.8) is 0 Å². The number of carboxylic acid groups (broad SMARTS) is 1. The summed E-state index contributed by atoms with van der Waals surface area (Å²) in [4.78, 5) is 11.5. The summed E-state index contributed by atoms with van der Waals surface area (Å²) in [6, 6.07) is 7.71. The number of benzene rings is 1. The molecule has 1 aliphatic carbocycles. The molecule has 0 atom stereocenters. The third kappa shape index (κ3) is 1.84. The van der Waals surface area contributed by atoms with Gasteiger partial charge in [0.2, 0.25) is 0 Å². The van der Waals surface area contributed by atoms with Gasteiger partial charge in [0, 0.05) is 6.20 Å². The monoisotopic (exact) mass is 256 g/mol. The van der Waals surface area contributed by atoms with Crippen LogP contribution in [0.15, 0.2) is 36.7 Å². The number of hydrogen-bond acceptors (Lipinski definition) is 2. The van der Waals surface area contributed by atoms with Crippen LogP contribution in [0, 0.1) is 6.92 Å². The van der Waals surface area contributed by atoms with Gasteiger partial charge in [-0.3, -0.25) is 4.79 Å². The Morgan fingerprint density at radius 1 is 1.42 bits per heavy atom. The van der Waals surface area contributed by atoms with E-state index in [9.17, 15) is 9.90 Å². The van der Waals surface area contributed by atoms with Crippen LogP contribution in [0.4, 0.5) is 0 Å². The van der Waals surface area contributed by atoms with Gasteiger partial charge in [-0.2, -0.15) is 5.10 Å². The Morgan fingerprint density at radius 3 is 2.74 bits per heavy atom. The van der Waals surface area contributed by atoms with Crippen molar-refractivity contribution in [3.8, 4) is 5.69 Å². The van der Waals surface area contributed by atoms with E-state index in [0.717, 1.165) is 36.1 Å². The minimum atomic E-state index is -0.715. The average molecular weight is 256 g/mol. The third-order valence-corrected chi connectivity index (χ3v) is 3.99. The van der Waals surface area contributed by atoms with Gasteiger partial charge < -0.3 is 5.11 Å². The number of aryl methyl sites for hydroxylation is 1. The Hall–Kier alpha value is -2.10. The summed E-state index contributed by atoms with van der Waals surface area (Å²) in [7, 11) is 0. The van der Waals surface area contributed by atoms with Crippen molar-refractivity contribution in [2.24, 2.45) is 0 Å². The minimum Gasteiger partial charge on any atom is -0.481 e. The number of aliphatic carboxylic acids is 1. The van der Waals surface area contributed by atoms with Gasteiger partial charge in [-0.15, -0.1) is 0 Å². The van der Waals surface area contributed by atoms with E-state index in [1.807, 2.05) is 37.4 Å². The number of nitrogens with zero attached hydrogens (tertiary/aromatic N) is 2. The molecule has 1 heterocycles. The topological polar surface area (TPSA) is 55.1 Å². The Kier molecular flexibility index (Phi) is 2.66. The van der Waals surface area contributed by atoms with Gasteiger partial charge in [-0.1, -0.05) is 18.6 Å². The molecular weight excluding hydrogens is 240 g/mol. The van der Waals surface area contributed by atoms with Crippen LogP contribution in [0.25, 0.3) is 5.69 Å². The summed E-state index contributed by atoms with van der Waals surface area (Å²) in [5.74, 6) is -0.715. The molecule has 1 N–H and O–H groups in total. The molecule has 0 bridgehead atoms. The molecule has 0 radical (unpaired) electrons. The van der Waals surface area contributed by atoms with Gasteiger partial charge >= 0.3 is 5.97 Å². The molecule has 19 heavy (non-hydrogen) atoms. The zero-order chi connectivity index (χ0) is 13.5. The van der Waals surface area contributed by atoms with Crippen LogP contribution in [0.3, 0.4) is 0 Å². The van der Waals surface area contributed by atoms with Crippen LogP contribution < -0.4 is 0 Å². The van der Waals surface area contributed by atoms with Crippen LogP contribution >= 0.6 is 0 Å². The van der Waals surface area contributed by atoms with Gasteiger partial charge in [0.15, 0.2) is 0 Å². The van der Waals surface area contributed by atoms with Crippen molar-refractivity contribution in [3.05, 3.63) is 47.8 Å². The molecule has 98 valence electrons. The van der Waals surface area contributed by atoms with E-state index in [4.69, 9.17) is 0 Å². The number of carbonyl (C=O) groups is 1. The molecule has 4 nitrogen and oxygen atoms in total. The van der Waals surface area contributed by atoms with Gasteiger partial charge in [-0.25, -0.2) is 4.68 Å². The second-order valence-corrected chi connectivity index (χ2v) is 5.25. The van der Waals surface area contributed by atoms with Crippen LogP contribution in [0.5, 0.6) is 0 Å². The van der Waals surface area contributed by atoms with Gasteiger partial charge in [0.1, 0.15) is 0 Å². The van der Waals surface area contributed by atoms with Crippen LogP contribution in [-0.4, -0.2) is 20.9 Å². The first-order chi connectivity index (χ1) is 9.12. The molecule has 2 aromatic rings. The van der Waals surface area contributed by atoms with Crippen molar-refractivity contribution in [1.29, 1.82) is 0 Å². The molecule has 0 amide bonds. The maximum Gasteiger partial charge on any atom is 0.314 e. The molecule has 0 aliphatic heterocycles. The first-order valence-corrected chi connectivity index (χ1v) is 6.47. The lowest BCUT2D eigenvalue weighted by Crippen LogP contribution is -2.42.